The number of aromatic hydroxyl groups is 1. The zero-order chi connectivity index (χ0) is 10.1. The number of hydrogen-bond acceptors (Lipinski definition) is 2. The zero-order valence-corrected chi connectivity index (χ0v) is 8.68. The van der Waals surface area contributed by atoms with Crippen molar-refractivity contribution in [3.05, 3.63) is 29.3 Å². The van der Waals surface area contributed by atoms with Gasteiger partial charge in [0, 0.05) is 5.54 Å². The van der Waals surface area contributed by atoms with Gasteiger partial charge < -0.3 is 10.4 Å². The minimum absolute atomic E-state index is 0.0921. The monoisotopic (exact) mass is 179 g/mol. The molecule has 0 radical (unpaired) electrons. The Morgan fingerprint density at radius 3 is 2.38 bits per heavy atom. The Kier molecular flexibility index (Phi) is 2.62. The number of phenolic OH excluding ortho intramolecular Hbond substituents is 1. The van der Waals surface area contributed by atoms with E-state index in [1.807, 2.05) is 32.2 Å². The first-order valence-corrected chi connectivity index (χ1v) is 4.46. The molecule has 0 saturated heterocycles. The van der Waals surface area contributed by atoms with Crippen molar-refractivity contribution in [2.45, 2.75) is 26.3 Å². The predicted octanol–water partition coefficient (Wildman–Crippen LogP) is 2.16. The van der Waals surface area contributed by atoms with Gasteiger partial charge in [-0.2, -0.15) is 0 Å². The minimum atomic E-state index is -0.0921. The fraction of sp³-hybridized carbons (Fsp3) is 0.455. The second-order valence-corrected chi connectivity index (χ2v) is 3.88. The highest BCUT2D eigenvalue weighted by Gasteiger charge is 2.17. The SMILES string of the molecule is CNC(C)(C)c1ccc(C)c(O)c1. The van der Waals surface area contributed by atoms with Crippen molar-refractivity contribution in [2.75, 3.05) is 7.05 Å². The molecule has 1 rings (SSSR count). The van der Waals surface area contributed by atoms with Gasteiger partial charge in [0.05, 0.1) is 0 Å². The highest BCUT2D eigenvalue weighted by molar-refractivity contribution is 5.37. The van der Waals surface area contributed by atoms with E-state index in [-0.39, 0.29) is 5.54 Å². The molecule has 0 aliphatic rings. The van der Waals surface area contributed by atoms with Crippen LogP contribution in [-0.2, 0) is 5.54 Å². The molecule has 0 fully saturated rings. The lowest BCUT2D eigenvalue weighted by Gasteiger charge is -2.24. The quantitative estimate of drug-likeness (QED) is 0.729. The molecule has 0 aliphatic heterocycles. The molecule has 2 N–H and O–H groups in total. The molecule has 0 aromatic heterocycles. The van der Waals surface area contributed by atoms with Gasteiger partial charge in [0.15, 0.2) is 0 Å². The molecule has 0 bridgehead atoms. The summed E-state index contributed by atoms with van der Waals surface area (Å²) in [5.41, 5.74) is 1.92. The Balaban J connectivity index is 3.10. The van der Waals surface area contributed by atoms with Crippen LogP contribution >= 0.6 is 0 Å². The second kappa shape index (κ2) is 3.38. The Morgan fingerprint density at radius 2 is 1.92 bits per heavy atom. The van der Waals surface area contributed by atoms with Crippen molar-refractivity contribution >= 4 is 0 Å². The van der Waals surface area contributed by atoms with Crippen molar-refractivity contribution in [3.63, 3.8) is 0 Å². The summed E-state index contributed by atoms with van der Waals surface area (Å²) in [5.74, 6) is 0.362. The van der Waals surface area contributed by atoms with E-state index in [1.165, 1.54) is 0 Å². The molecule has 1 aromatic rings. The molecule has 72 valence electrons. The van der Waals surface area contributed by atoms with Gasteiger partial charge in [-0.15, -0.1) is 0 Å². The summed E-state index contributed by atoms with van der Waals surface area (Å²) < 4.78 is 0. The van der Waals surface area contributed by atoms with E-state index in [0.29, 0.717) is 5.75 Å². The lowest BCUT2D eigenvalue weighted by Crippen LogP contribution is -2.32. The smallest absolute Gasteiger partial charge is 0.118 e. The molecule has 0 unspecified atom stereocenters. The minimum Gasteiger partial charge on any atom is -0.508 e. The number of phenols is 1. The van der Waals surface area contributed by atoms with Gasteiger partial charge in [-0.3, -0.25) is 0 Å². The van der Waals surface area contributed by atoms with Gasteiger partial charge in [-0.25, -0.2) is 0 Å². The molecule has 0 spiro atoms. The average molecular weight is 179 g/mol. The summed E-state index contributed by atoms with van der Waals surface area (Å²) >= 11 is 0. The number of aryl methyl sites for hydroxylation is 1. The van der Waals surface area contributed by atoms with Crippen LogP contribution in [0.2, 0.25) is 0 Å². The van der Waals surface area contributed by atoms with E-state index in [9.17, 15) is 5.11 Å². The van der Waals surface area contributed by atoms with E-state index in [4.69, 9.17) is 0 Å². The lowest BCUT2D eigenvalue weighted by molar-refractivity contribution is 0.433. The molecule has 0 aliphatic carbocycles. The van der Waals surface area contributed by atoms with E-state index in [2.05, 4.69) is 19.2 Å². The van der Waals surface area contributed by atoms with E-state index < -0.39 is 0 Å². The lowest BCUT2D eigenvalue weighted by atomic mass is 9.93. The first-order chi connectivity index (χ1) is 5.97. The van der Waals surface area contributed by atoms with Crippen LogP contribution in [0.15, 0.2) is 18.2 Å². The van der Waals surface area contributed by atoms with Crippen LogP contribution in [0.1, 0.15) is 25.0 Å². The van der Waals surface area contributed by atoms with Gasteiger partial charge in [-0.1, -0.05) is 12.1 Å². The second-order valence-electron chi connectivity index (χ2n) is 3.88. The first kappa shape index (κ1) is 10.1. The van der Waals surface area contributed by atoms with Crippen LogP contribution in [0.5, 0.6) is 5.75 Å². The Hall–Kier alpha value is -1.02. The van der Waals surface area contributed by atoms with Crippen LogP contribution < -0.4 is 5.32 Å². The summed E-state index contributed by atoms with van der Waals surface area (Å²) in [5, 5.41) is 12.7. The largest absolute Gasteiger partial charge is 0.508 e. The Morgan fingerprint density at radius 1 is 1.31 bits per heavy atom. The topological polar surface area (TPSA) is 32.3 Å². The Labute approximate surface area is 79.6 Å². The van der Waals surface area contributed by atoms with Crippen molar-refractivity contribution in [2.24, 2.45) is 0 Å². The number of hydrogen-bond donors (Lipinski definition) is 2. The van der Waals surface area contributed by atoms with Gasteiger partial charge in [0.25, 0.3) is 0 Å². The van der Waals surface area contributed by atoms with Crippen LogP contribution in [-0.4, -0.2) is 12.2 Å². The molecule has 2 heteroatoms. The fourth-order valence-corrected chi connectivity index (χ4v) is 1.14. The molecule has 13 heavy (non-hydrogen) atoms. The van der Waals surface area contributed by atoms with Crippen LogP contribution in [0.4, 0.5) is 0 Å². The summed E-state index contributed by atoms with van der Waals surface area (Å²) in [6.07, 6.45) is 0. The molecule has 0 heterocycles. The van der Waals surface area contributed by atoms with Gasteiger partial charge in [0.2, 0.25) is 0 Å². The molecular weight excluding hydrogens is 162 g/mol. The molecule has 0 amide bonds. The van der Waals surface area contributed by atoms with Gasteiger partial charge >= 0.3 is 0 Å². The van der Waals surface area contributed by atoms with E-state index >= 15 is 0 Å². The Bertz CT molecular complexity index is 305. The third kappa shape index (κ3) is 2.01. The predicted molar refractivity (Wildman–Crippen MR) is 54.9 cm³/mol. The third-order valence-corrected chi connectivity index (χ3v) is 2.56. The molecule has 0 saturated carbocycles. The molecule has 2 nitrogen and oxygen atoms in total. The molecular formula is C11H17NO. The first-order valence-electron chi connectivity index (χ1n) is 4.46. The maximum Gasteiger partial charge on any atom is 0.118 e. The van der Waals surface area contributed by atoms with Crippen LogP contribution in [0, 0.1) is 6.92 Å². The van der Waals surface area contributed by atoms with Crippen LogP contribution in [0.25, 0.3) is 0 Å². The standard InChI is InChI=1S/C11H17NO/c1-8-5-6-9(7-10(8)13)11(2,3)12-4/h5-7,12-13H,1-4H3. The third-order valence-electron chi connectivity index (χ3n) is 2.56. The number of benzene rings is 1. The van der Waals surface area contributed by atoms with Crippen molar-refractivity contribution in [3.8, 4) is 5.75 Å². The summed E-state index contributed by atoms with van der Waals surface area (Å²) in [6.45, 7) is 6.06. The van der Waals surface area contributed by atoms with E-state index in [1.54, 1.807) is 0 Å². The highest BCUT2D eigenvalue weighted by atomic mass is 16.3. The average Bonchev–Trinajstić information content (AvgIpc) is 2.09. The van der Waals surface area contributed by atoms with Gasteiger partial charge in [-0.05, 0) is 45.0 Å². The number of nitrogens with one attached hydrogen (secondary N) is 1. The zero-order valence-electron chi connectivity index (χ0n) is 8.68. The molecule has 1 aromatic carbocycles. The maximum atomic E-state index is 9.53. The highest BCUT2D eigenvalue weighted by Crippen LogP contribution is 2.25. The van der Waals surface area contributed by atoms with Crippen molar-refractivity contribution < 1.29 is 5.11 Å². The van der Waals surface area contributed by atoms with Crippen molar-refractivity contribution in [1.29, 1.82) is 0 Å². The van der Waals surface area contributed by atoms with Crippen molar-refractivity contribution in [1.82, 2.24) is 5.32 Å². The molecule has 0 atom stereocenters. The van der Waals surface area contributed by atoms with E-state index in [0.717, 1.165) is 11.1 Å². The maximum absolute atomic E-state index is 9.53. The normalized spacial score (nSPS) is 11.7. The number of rotatable bonds is 2. The van der Waals surface area contributed by atoms with Crippen LogP contribution in [0.3, 0.4) is 0 Å². The summed E-state index contributed by atoms with van der Waals surface area (Å²) in [7, 11) is 1.91. The fourth-order valence-electron chi connectivity index (χ4n) is 1.14. The van der Waals surface area contributed by atoms with Gasteiger partial charge in [0.1, 0.15) is 5.75 Å². The summed E-state index contributed by atoms with van der Waals surface area (Å²) in [6, 6.07) is 5.78. The summed E-state index contributed by atoms with van der Waals surface area (Å²) in [4.78, 5) is 0.